The van der Waals surface area contributed by atoms with Crippen molar-refractivity contribution in [1.82, 2.24) is 0 Å². The first kappa shape index (κ1) is 14.0. The molecule has 17 heavy (non-hydrogen) atoms. The van der Waals surface area contributed by atoms with Crippen LogP contribution in [0, 0.1) is 5.82 Å². The van der Waals surface area contributed by atoms with E-state index in [1.54, 1.807) is 26.0 Å². The summed E-state index contributed by atoms with van der Waals surface area (Å²) in [5, 5.41) is 9.28. The average Bonchev–Trinajstić information content (AvgIpc) is 2.27. The molecule has 1 aromatic rings. The molecule has 0 amide bonds. The van der Waals surface area contributed by atoms with Gasteiger partial charge in [-0.2, -0.15) is 0 Å². The maximum atomic E-state index is 13.6. The summed E-state index contributed by atoms with van der Waals surface area (Å²) < 4.78 is 18.3. The fraction of sp³-hybridized carbons (Fsp3) is 0.417. The Kier molecular flexibility index (Phi) is 5.44. The van der Waals surface area contributed by atoms with Gasteiger partial charge in [-0.05, 0) is 31.5 Å². The lowest BCUT2D eigenvalue weighted by Crippen LogP contribution is -2.06. The van der Waals surface area contributed by atoms with Crippen LogP contribution in [-0.2, 0) is 9.53 Å². The van der Waals surface area contributed by atoms with Gasteiger partial charge < -0.3 is 9.84 Å². The molecular weight excluding hydrogens is 243 g/mol. The van der Waals surface area contributed by atoms with Gasteiger partial charge in [0.25, 0.3) is 0 Å². The first-order valence-electron chi connectivity index (χ1n) is 5.30. The molecule has 5 heteroatoms. The predicted octanol–water partition coefficient (Wildman–Crippen LogP) is 2.53. The lowest BCUT2D eigenvalue weighted by atomic mass is 10.1. The monoisotopic (exact) mass is 258 g/mol. The van der Waals surface area contributed by atoms with E-state index in [1.165, 1.54) is 6.07 Å². The molecule has 1 N–H and O–H groups in total. The third-order valence-corrected chi connectivity index (χ3v) is 3.11. The largest absolute Gasteiger partial charge is 0.465 e. The Morgan fingerprint density at radius 1 is 1.59 bits per heavy atom. The van der Waals surface area contributed by atoms with Crippen LogP contribution in [0.3, 0.4) is 0 Å². The molecule has 0 aliphatic rings. The molecule has 0 aromatic heterocycles. The number of hydrogen-bond acceptors (Lipinski definition) is 4. The zero-order valence-corrected chi connectivity index (χ0v) is 10.6. The number of aliphatic hydroxyl groups excluding tert-OH is 1. The maximum absolute atomic E-state index is 13.6. The Hall–Kier alpha value is -1.07. The quantitative estimate of drug-likeness (QED) is 0.651. The van der Waals surface area contributed by atoms with Crippen LogP contribution in [0.5, 0.6) is 0 Å². The minimum Gasteiger partial charge on any atom is -0.465 e. The Bertz CT molecular complexity index is 393. The lowest BCUT2D eigenvalue weighted by molar-refractivity contribution is -0.139. The molecule has 1 aromatic carbocycles. The van der Waals surface area contributed by atoms with Crippen molar-refractivity contribution in [2.45, 2.75) is 24.8 Å². The van der Waals surface area contributed by atoms with Crippen molar-refractivity contribution in [3.05, 3.63) is 29.6 Å². The second-order valence-electron chi connectivity index (χ2n) is 3.46. The Labute approximate surface area is 104 Å². The van der Waals surface area contributed by atoms with E-state index in [0.29, 0.717) is 17.1 Å². The smallest absolute Gasteiger partial charge is 0.316 e. The van der Waals surface area contributed by atoms with Crippen LogP contribution >= 0.6 is 11.8 Å². The van der Waals surface area contributed by atoms with Gasteiger partial charge in [0.1, 0.15) is 5.82 Å². The molecule has 0 radical (unpaired) electrons. The van der Waals surface area contributed by atoms with E-state index in [4.69, 9.17) is 4.74 Å². The van der Waals surface area contributed by atoms with Crippen molar-refractivity contribution < 1.29 is 19.0 Å². The second-order valence-corrected chi connectivity index (χ2v) is 4.48. The van der Waals surface area contributed by atoms with E-state index >= 15 is 0 Å². The van der Waals surface area contributed by atoms with E-state index in [0.717, 1.165) is 11.8 Å². The molecule has 0 heterocycles. The van der Waals surface area contributed by atoms with Crippen LogP contribution in [0.2, 0.25) is 0 Å². The van der Waals surface area contributed by atoms with Crippen LogP contribution in [0.25, 0.3) is 0 Å². The average molecular weight is 258 g/mol. The number of thioether (sulfide) groups is 1. The summed E-state index contributed by atoms with van der Waals surface area (Å²) >= 11 is 1.08. The number of ether oxygens (including phenoxy) is 1. The fourth-order valence-corrected chi connectivity index (χ4v) is 1.95. The maximum Gasteiger partial charge on any atom is 0.316 e. The minimum absolute atomic E-state index is 0.0821. The van der Waals surface area contributed by atoms with Crippen LogP contribution in [0.4, 0.5) is 4.39 Å². The number of hydrogen-bond donors (Lipinski definition) is 1. The van der Waals surface area contributed by atoms with Gasteiger partial charge in [0, 0.05) is 4.90 Å². The topological polar surface area (TPSA) is 46.5 Å². The minimum atomic E-state index is -0.700. The van der Waals surface area contributed by atoms with Gasteiger partial charge >= 0.3 is 5.97 Å². The number of carbonyl (C=O) groups is 1. The Morgan fingerprint density at radius 3 is 2.82 bits per heavy atom. The highest BCUT2D eigenvalue weighted by atomic mass is 32.2. The number of rotatable bonds is 5. The van der Waals surface area contributed by atoms with Crippen molar-refractivity contribution >= 4 is 17.7 Å². The van der Waals surface area contributed by atoms with Gasteiger partial charge in [-0.3, -0.25) is 4.79 Å². The third kappa shape index (κ3) is 4.36. The first-order chi connectivity index (χ1) is 8.04. The molecule has 0 aliphatic carbocycles. The molecule has 94 valence electrons. The molecular formula is C12H15FO3S. The molecule has 0 bridgehead atoms. The van der Waals surface area contributed by atoms with Crippen molar-refractivity contribution in [2.24, 2.45) is 0 Å². The highest BCUT2D eigenvalue weighted by Crippen LogP contribution is 2.24. The van der Waals surface area contributed by atoms with Crippen LogP contribution in [-0.4, -0.2) is 23.4 Å². The number of halogens is 1. The van der Waals surface area contributed by atoms with Gasteiger partial charge in [-0.15, -0.1) is 11.8 Å². The predicted molar refractivity (Wildman–Crippen MR) is 64.4 cm³/mol. The normalized spacial score (nSPS) is 12.2. The zero-order valence-electron chi connectivity index (χ0n) is 9.77. The molecule has 0 spiro atoms. The van der Waals surface area contributed by atoms with Crippen LogP contribution < -0.4 is 0 Å². The van der Waals surface area contributed by atoms with Crippen LogP contribution in [0.1, 0.15) is 25.5 Å². The summed E-state index contributed by atoms with van der Waals surface area (Å²) in [5.74, 6) is -0.715. The SMILES string of the molecule is CCOC(=O)CSc1ccc(C(C)O)cc1F. The third-order valence-electron chi connectivity index (χ3n) is 2.09. The summed E-state index contributed by atoms with van der Waals surface area (Å²) in [6.07, 6.45) is -0.700. The number of aliphatic hydroxyl groups is 1. The molecule has 1 unspecified atom stereocenters. The molecule has 1 rings (SSSR count). The van der Waals surface area contributed by atoms with Gasteiger partial charge in [0.05, 0.1) is 18.5 Å². The van der Waals surface area contributed by atoms with E-state index in [2.05, 4.69) is 0 Å². The summed E-state index contributed by atoms with van der Waals surface area (Å²) in [7, 11) is 0. The summed E-state index contributed by atoms with van der Waals surface area (Å²) in [6.45, 7) is 3.61. The number of esters is 1. The van der Waals surface area contributed by atoms with E-state index in [1.807, 2.05) is 0 Å². The van der Waals surface area contributed by atoms with E-state index in [9.17, 15) is 14.3 Å². The van der Waals surface area contributed by atoms with Gasteiger partial charge in [-0.1, -0.05) is 6.07 Å². The highest BCUT2D eigenvalue weighted by molar-refractivity contribution is 8.00. The van der Waals surface area contributed by atoms with Gasteiger partial charge in [0.2, 0.25) is 0 Å². The Morgan fingerprint density at radius 2 is 2.29 bits per heavy atom. The molecule has 3 nitrogen and oxygen atoms in total. The van der Waals surface area contributed by atoms with Crippen molar-refractivity contribution in [1.29, 1.82) is 0 Å². The van der Waals surface area contributed by atoms with E-state index < -0.39 is 11.9 Å². The lowest BCUT2D eigenvalue weighted by Gasteiger charge is -2.07. The second kappa shape index (κ2) is 6.61. The number of carbonyl (C=O) groups excluding carboxylic acids is 1. The summed E-state index contributed by atoms with van der Waals surface area (Å²) in [5.41, 5.74) is 0.517. The molecule has 1 atom stereocenters. The first-order valence-corrected chi connectivity index (χ1v) is 6.29. The standard InChI is InChI=1S/C12H15FO3S/c1-3-16-12(15)7-17-11-5-4-9(8(2)14)6-10(11)13/h4-6,8,14H,3,7H2,1-2H3. The fourth-order valence-electron chi connectivity index (χ4n) is 1.23. The molecule has 0 saturated heterocycles. The van der Waals surface area contributed by atoms with Crippen molar-refractivity contribution in [3.8, 4) is 0 Å². The molecule has 0 saturated carbocycles. The van der Waals surface area contributed by atoms with Crippen molar-refractivity contribution in [3.63, 3.8) is 0 Å². The van der Waals surface area contributed by atoms with Gasteiger partial charge in [0.15, 0.2) is 0 Å². The highest BCUT2D eigenvalue weighted by Gasteiger charge is 2.09. The van der Waals surface area contributed by atoms with Crippen LogP contribution in [0.15, 0.2) is 23.1 Å². The number of benzene rings is 1. The zero-order chi connectivity index (χ0) is 12.8. The Balaban J connectivity index is 2.63. The molecule has 0 fully saturated rings. The molecule has 0 aliphatic heterocycles. The summed E-state index contributed by atoms with van der Waals surface area (Å²) in [4.78, 5) is 11.5. The van der Waals surface area contributed by atoms with Gasteiger partial charge in [-0.25, -0.2) is 4.39 Å². The summed E-state index contributed by atoms with van der Waals surface area (Å²) in [6, 6.07) is 4.47. The van der Waals surface area contributed by atoms with Crippen molar-refractivity contribution in [2.75, 3.05) is 12.4 Å². The van der Waals surface area contributed by atoms with E-state index in [-0.39, 0.29) is 11.7 Å².